The fourth-order valence-electron chi connectivity index (χ4n) is 2.50. The van der Waals surface area contributed by atoms with Crippen LogP contribution in [0.15, 0.2) is 42.2 Å². The number of hydrogen-bond acceptors (Lipinski definition) is 1. The molecular formula is C16H24OSi. The molecule has 0 spiro atoms. The molecule has 0 heterocycles. The first-order valence-corrected chi connectivity index (χ1v) is 10.4. The Bertz CT molecular complexity index is 403. The molecule has 1 aromatic carbocycles. The van der Waals surface area contributed by atoms with Crippen molar-refractivity contribution in [2.24, 2.45) is 5.92 Å². The zero-order chi connectivity index (χ0) is 13.0. The molecule has 0 aliphatic heterocycles. The third-order valence-corrected chi connectivity index (χ3v) is 4.10. The van der Waals surface area contributed by atoms with Crippen molar-refractivity contribution in [3.05, 3.63) is 47.7 Å². The van der Waals surface area contributed by atoms with Crippen LogP contribution in [-0.2, 0) is 10.8 Å². The fraction of sp³-hybridized carbons (Fsp3) is 0.500. The van der Waals surface area contributed by atoms with Crippen LogP contribution in [0.5, 0.6) is 0 Å². The summed E-state index contributed by atoms with van der Waals surface area (Å²) in [6.07, 6.45) is 7.21. The van der Waals surface area contributed by atoms with Gasteiger partial charge < -0.3 is 4.43 Å². The van der Waals surface area contributed by atoms with Crippen molar-refractivity contribution >= 4 is 8.32 Å². The van der Waals surface area contributed by atoms with Gasteiger partial charge in [0.1, 0.15) is 0 Å². The van der Waals surface area contributed by atoms with E-state index in [0.29, 0.717) is 5.92 Å². The average molecular weight is 260 g/mol. The lowest BCUT2D eigenvalue weighted by Crippen LogP contribution is -2.28. The Morgan fingerprint density at radius 1 is 1.17 bits per heavy atom. The maximum Gasteiger partial charge on any atom is 0.241 e. The lowest BCUT2D eigenvalue weighted by atomic mass is 9.88. The number of benzene rings is 1. The van der Waals surface area contributed by atoms with Gasteiger partial charge in [-0.15, -0.1) is 0 Å². The van der Waals surface area contributed by atoms with Gasteiger partial charge >= 0.3 is 0 Å². The van der Waals surface area contributed by atoms with Crippen molar-refractivity contribution in [3.8, 4) is 0 Å². The smallest absolute Gasteiger partial charge is 0.241 e. The molecule has 1 nitrogen and oxygen atoms in total. The summed E-state index contributed by atoms with van der Waals surface area (Å²) >= 11 is 0. The third kappa shape index (κ3) is 4.02. The number of rotatable bonds is 4. The zero-order valence-corrected chi connectivity index (χ0v) is 12.8. The number of allylic oxidation sites excluding steroid dienone is 2. The van der Waals surface area contributed by atoms with Crippen LogP contribution in [0.25, 0.3) is 0 Å². The summed E-state index contributed by atoms with van der Waals surface area (Å²) in [6.45, 7) is 6.80. The van der Waals surface area contributed by atoms with Crippen LogP contribution in [0.1, 0.15) is 24.8 Å². The Labute approximate surface area is 112 Å². The van der Waals surface area contributed by atoms with E-state index >= 15 is 0 Å². The van der Waals surface area contributed by atoms with E-state index in [1.165, 1.54) is 30.6 Å². The van der Waals surface area contributed by atoms with Gasteiger partial charge in [0.25, 0.3) is 0 Å². The van der Waals surface area contributed by atoms with Crippen molar-refractivity contribution in [1.82, 2.24) is 0 Å². The molecule has 1 aliphatic carbocycles. The van der Waals surface area contributed by atoms with Gasteiger partial charge in [-0.2, -0.15) is 0 Å². The fourth-order valence-corrected chi connectivity index (χ4v) is 3.45. The SMILES string of the molecule is C[Si](C)(C)OC1=CCCCC1Cc1ccccc1. The van der Waals surface area contributed by atoms with E-state index < -0.39 is 8.32 Å². The van der Waals surface area contributed by atoms with Crippen molar-refractivity contribution in [2.75, 3.05) is 0 Å². The van der Waals surface area contributed by atoms with Gasteiger partial charge in [-0.3, -0.25) is 0 Å². The van der Waals surface area contributed by atoms with Gasteiger partial charge in [0.2, 0.25) is 8.32 Å². The van der Waals surface area contributed by atoms with Crippen molar-refractivity contribution in [3.63, 3.8) is 0 Å². The molecule has 0 aromatic heterocycles. The molecule has 1 aromatic rings. The highest BCUT2D eigenvalue weighted by molar-refractivity contribution is 6.70. The van der Waals surface area contributed by atoms with Gasteiger partial charge in [0.15, 0.2) is 0 Å². The molecule has 1 unspecified atom stereocenters. The van der Waals surface area contributed by atoms with Gasteiger partial charge in [0, 0.05) is 5.92 Å². The Morgan fingerprint density at radius 2 is 1.89 bits per heavy atom. The predicted octanol–water partition coefficient (Wildman–Crippen LogP) is 4.76. The lowest BCUT2D eigenvalue weighted by Gasteiger charge is -2.30. The van der Waals surface area contributed by atoms with E-state index in [1.54, 1.807) is 0 Å². The standard InChI is InChI=1S/C16H24OSi/c1-18(2,3)17-16-12-8-7-11-15(16)13-14-9-5-4-6-10-14/h4-6,9-10,12,15H,7-8,11,13H2,1-3H3. The Hall–Kier alpha value is -1.02. The molecule has 2 rings (SSSR count). The molecule has 0 bridgehead atoms. The summed E-state index contributed by atoms with van der Waals surface area (Å²) in [5.74, 6) is 1.86. The second kappa shape index (κ2) is 5.74. The Morgan fingerprint density at radius 3 is 2.56 bits per heavy atom. The summed E-state index contributed by atoms with van der Waals surface area (Å²) < 4.78 is 6.26. The quantitative estimate of drug-likeness (QED) is 0.709. The molecule has 1 atom stereocenters. The van der Waals surface area contributed by atoms with Gasteiger partial charge in [-0.1, -0.05) is 30.3 Å². The van der Waals surface area contributed by atoms with Crippen LogP contribution < -0.4 is 0 Å². The first-order valence-electron chi connectivity index (χ1n) is 6.97. The van der Waals surface area contributed by atoms with Crippen molar-refractivity contribution < 1.29 is 4.43 Å². The highest BCUT2D eigenvalue weighted by Crippen LogP contribution is 2.30. The molecule has 0 saturated heterocycles. The van der Waals surface area contributed by atoms with Gasteiger partial charge in [0.05, 0.1) is 5.76 Å². The molecule has 0 radical (unpaired) electrons. The highest BCUT2D eigenvalue weighted by Gasteiger charge is 2.25. The first kappa shape index (κ1) is 13.4. The first-order chi connectivity index (χ1) is 8.54. The van der Waals surface area contributed by atoms with Crippen molar-refractivity contribution in [2.45, 2.75) is 45.3 Å². The summed E-state index contributed by atoms with van der Waals surface area (Å²) in [5.41, 5.74) is 1.43. The summed E-state index contributed by atoms with van der Waals surface area (Å²) in [6, 6.07) is 10.8. The summed E-state index contributed by atoms with van der Waals surface area (Å²) in [5, 5.41) is 0. The maximum absolute atomic E-state index is 6.26. The normalized spacial score (nSPS) is 20.4. The predicted molar refractivity (Wildman–Crippen MR) is 80.0 cm³/mol. The monoisotopic (exact) mass is 260 g/mol. The van der Waals surface area contributed by atoms with Crippen LogP contribution in [0.2, 0.25) is 19.6 Å². The molecule has 0 fully saturated rings. The minimum atomic E-state index is -1.47. The van der Waals surface area contributed by atoms with E-state index in [0.717, 1.165) is 6.42 Å². The van der Waals surface area contributed by atoms with Crippen LogP contribution >= 0.6 is 0 Å². The second-order valence-electron chi connectivity index (χ2n) is 6.14. The largest absolute Gasteiger partial charge is 0.547 e. The molecule has 0 N–H and O–H groups in total. The third-order valence-electron chi connectivity index (χ3n) is 3.25. The molecule has 0 amide bonds. The van der Waals surface area contributed by atoms with Crippen LogP contribution in [0, 0.1) is 5.92 Å². The van der Waals surface area contributed by atoms with E-state index in [2.05, 4.69) is 56.0 Å². The number of hydrogen-bond donors (Lipinski definition) is 0. The van der Waals surface area contributed by atoms with E-state index in [-0.39, 0.29) is 0 Å². The molecule has 98 valence electrons. The minimum Gasteiger partial charge on any atom is -0.547 e. The minimum absolute atomic E-state index is 0.591. The average Bonchev–Trinajstić information content (AvgIpc) is 2.31. The molecule has 0 saturated carbocycles. The summed E-state index contributed by atoms with van der Waals surface area (Å²) in [7, 11) is -1.47. The Kier molecular flexibility index (Phi) is 4.28. The maximum atomic E-state index is 6.26. The lowest BCUT2D eigenvalue weighted by molar-refractivity contribution is 0.309. The summed E-state index contributed by atoms with van der Waals surface area (Å²) in [4.78, 5) is 0. The van der Waals surface area contributed by atoms with E-state index in [4.69, 9.17) is 4.43 Å². The van der Waals surface area contributed by atoms with E-state index in [9.17, 15) is 0 Å². The second-order valence-corrected chi connectivity index (χ2v) is 10.6. The van der Waals surface area contributed by atoms with E-state index in [1.807, 2.05) is 0 Å². The van der Waals surface area contributed by atoms with Gasteiger partial charge in [-0.25, -0.2) is 0 Å². The zero-order valence-electron chi connectivity index (χ0n) is 11.8. The molecular weight excluding hydrogens is 236 g/mol. The molecule has 1 aliphatic rings. The van der Waals surface area contributed by atoms with Crippen LogP contribution in [0.4, 0.5) is 0 Å². The van der Waals surface area contributed by atoms with Crippen LogP contribution in [-0.4, -0.2) is 8.32 Å². The van der Waals surface area contributed by atoms with Crippen molar-refractivity contribution in [1.29, 1.82) is 0 Å². The molecule has 18 heavy (non-hydrogen) atoms. The molecule has 2 heteroatoms. The topological polar surface area (TPSA) is 9.23 Å². The van der Waals surface area contributed by atoms with Crippen LogP contribution in [0.3, 0.4) is 0 Å². The highest BCUT2D eigenvalue weighted by atomic mass is 28.4. The van der Waals surface area contributed by atoms with Gasteiger partial charge in [-0.05, 0) is 57.0 Å². The Balaban J connectivity index is 2.06.